The third kappa shape index (κ3) is 6.10. The Morgan fingerprint density at radius 1 is 1.06 bits per heavy atom. The van der Waals surface area contributed by atoms with E-state index in [1.807, 2.05) is 0 Å². The Morgan fingerprint density at radius 2 is 1.83 bits per heavy atom. The molecule has 0 spiro atoms. The lowest BCUT2D eigenvalue weighted by molar-refractivity contribution is -0.131. The SMILES string of the molecule is O=C(NCc1ccc(Cl)c(Cl)c1)c1cncnc1C1CCN(C(=O)Cc2c(F)cccc2Cl)CC1. The first-order chi connectivity index (χ1) is 16.8. The van der Waals surface area contributed by atoms with Gasteiger partial charge in [0.15, 0.2) is 0 Å². The molecule has 0 atom stereocenters. The van der Waals surface area contributed by atoms with Gasteiger partial charge in [-0.05, 0) is 42.7 Å². The molecule has 0 aliphatic carbocycles. The number of carbonyl (C=O) groups is 2. The lowest BCUT2D eigenvalue weighted by Gasteiger charge is -2.32. The molecule has 1 N–H and O–H groups in total. The van der Waals surface area contributed by atoms with E-state index in [-0.39, 0.29) is 41.3 Å². The lowest BCUT2D eigenvalue weighted by atomic mass is 9.90. The van der Waals surface area contributed by atoms with Gasteiger partial charge in [-0.25, -0.2) is 14.4 Å². The van der Waals surface area contributed by atoms with Crippen LogP contribution in [0, 0.1) is 5.82 Å². The molecule has 0 radical (unpaired) electrons. The fourth-order valence-corrected chi connectivity index (χ4v) is 4.68. The van der Waals surface area contributed by atoms with Gasteiger partial charge in [0.05, 0.1) is 27.7 Å². The Hall–Kier alpha value is -2.74. The van der Waals surface area contributed by atoms with Crippen LogP contribution in [-0.4, -0.2) is 39.8 Å². The van der Waals surface area contributed by atoms with Crippen LogP contribution in [0.3, 0.4) is 0 Å². The number of nitrogens with zero attached hydrogens (tertiary/aromatic N) is 3. The quantitative estimate of drug-likeness (QED) is 0.455. The van der Waals surface area contributed by atoms with Gasteiger partial charge < -0.3 is 10.2 Å². The molecule has 0 saturated carbocycles. The number of carbonyl (C=O) groups excluding carboxylic acids is 2. The zero-order valence-electron chi connectivity index (χ0n) is 18.6. The Morgan fingerprint density at radius 3 is 2.54 bits per heavy atom. The van der Waals surface area contributed by atoms with Crippen LogP contribution < -0.4 is 5.32 Å². The van der Waals surface area contributed by atoms with Crippen molar-refractivity contribution in [2.24, 2.45) is 0 Å². The van der Waals surface area contributed by atoms with E-state index in [0.29, 0.717) is 47.2 Å². The van der Waals surface area contributed by atoms with Gasteiger partial charge in [0.25, 0.3) is 5.91 Å². The van der Waals surface area contributed by atoms with E-state index in [9.17, 15) is 14.0 Å². The summed E-state index contributed by atoms with van der Waals surface area (Å²) in [5, 5.41) is 3.98. The van der Waals surface area contributed by atoms with Crippen molar-refractivity contribution in [3.8, 4) is 0 Å². The summed E-state index contributed by atoms with van der Waals surface area (Å²) in [7, 11) is 0. The topological polar surface area (TPSA) is 75.2 Å². The maximum Gasteiger partial charge on any atom is 0.254 e. The van der Waals surface area contributed by atoms with E-state index >= 15 is 0 Å². The van der Waals surface area contributed by atoms with Gasteiger partial charge in [-0.3, -0.25) is 9.59 Å². The van der Waals surface area contributed by atoms with Crippen LogP contribution >= 0.6 is 34.8 Å². The summed E-state index contributed by atoms with van der Waals surface area (Å²) >= 11 is 18.1. The summed E-state index contributed by atoms with van der Waals surface area (Å²) < 4.78 is 14.1. The number of nitrogens with one attached hydrogen (secondary N) is 1. The zero-order valence-corrected chi connectivity index (χ0v) is 20.9. The largest absolute Gasteiger partial charge is 0.348 e. The summed E-state index contributed by atoms with van der Waals surface area (Å²) in [6.45, 7) is 1.23. The molecule has 10 heteroatoms. The first kappa shape index (κ1) is 25.4. The molecule has 4 rings (SSSR count). The van der Waals surface area contributed by atoms with Crippen LogP contribution in [0.15, 0.2) is 48.9 Å². The smallest absolute Gasteiger partial charge is 0.254 e. The molecule has 1 aliphatic heterocycles. The maximum absolute atomic E-state index is 14.1. The molecule has 3 aromatic rings. The summed E-state index contributed by atoms with van der Waals surface area (Å²) in [6.07, 6.45) is 4.08. The Labute approximate surface area is 217 Å². The van der Waals surface area contributed by atoms with Crippen molar-refractivity contribution < 1.29 is 14.0 Å². The molecular weight excluding hydrogens is 514 g/mol. The normalized spacial score (nSPS) is 14.1. The van der Waals surface area contributed by atoms with E-state index in [0.717, 1.165) is 5.56 Å². The molecule has 35 heavy (non-hydrogen) atoms. The summed E-state index contributed by atoms with van der Waals surface area (Å²) in [4.78, 5) is 35.8. The number of benzene rings is 2. The fourth-order valence-electron chi connectivity index (χ4n) is 4.13. The number of amides is 2. The zero-order chi connectivity index (χ0) is 24.9. The van der Waals surface area contributed by atoms with Crippen molar-refractivity contribution in [2.45, 2.75) is 31.7 Å². The molecule has 2 heterocycles. The van der Waals surface area contributed by atoms with Gasteiger partial charge in [-0.15, -0.1) is 0 Å². The highest BCUT2D eigenvalue weighted by Crippen LogP contribution is 2.30. The third-order valence-electron chi connectivity index (χ3n) is 6.05. The van der Waals surface area contributed by atoms with Gasteiger partial charge in [-0.2, -0.15) is 0 Å². The second kappa shape index (κ2) is 11.3. The van der Waals surface area contributed by atoms with E-state index in [1.165, 1.54) is 24.7 Å². The molecular formula is C25H22Cl3FN4O2. The highest BCUT2D eigenvalue weighted by atomic mass is 35.5. The molecule has 1 aromatic heterocycles. The lowest BCUT2D eigenvalue weighted by Crippen LogP contribution is -2.39. The molecule has 1 fully saturated rings. The second-order valence-electron chi connectivity index (χ2n) is 8.28. The molecule has 0 bridgehead atoms. The fraction of sp³-hybridized carbons (Fsp3) is 0.280. The minimum absolute atomic E-state index is 0.00942. The van der Waals surface area contributed by atoms with Crippen LogP contribution in [0.25, 0.3) is 0 Å². The van der Waals surface area contributed by atoms with Crippen molar-refractivity contribution in [3.63, 3.8) is 0 Å². The summed E-state index contributed by atoms with van der Waals surface area (Å²) in [6, 6.07) is 9.55. The van der Waals surface area contributed by atoms with Crippen LogP contribution in [0.2, 0.25) is 15.1 Å². The van der Waals surface area contributed by atoms with Crippen LogP contribution in [-0.2, 0) is 17.8 Å². The number of likely N-dealkylation sites (tertiary alicyclic amines) is 1. The van der Waals surface area contributed by atoms with Crippen LogP contribution in [0.1, 0.15) is 45.9 Å². The first-order valence-electron chi connectivity index (χ1n) is 11.1. The molecule has 1 aliphatic rings. The highest BCUT2D eigenvalue weighted by molar-refractivity contribution is 6.42. The average Bonchev–Trinajstić information content (AvgIpc) is 2.87. The Balaban J connectivity index is 1.38. The highest BCUT2D eigenvalue weighted by Gasteiger charge is 2.28. The second-order valence-corrected chi connectivity index (χ2v) is 9.51. The van der Waals surface area contributed by atoms with Crippen molar-refractivity contribution in [1.82, 2.24) is 20.2 Å². The first-order valence-corrected chi connectivity index (χ1v) is 12.2. The van der Waals surface area contributed by atoms with E-state index in [4.69, 9.17) is 34.8 Å². The van der Waals surface area contributed by atoms with E-state index < -0.39 is 5.82 Å². The van der Waals surface area contributed by atoms with Gasteiger partial charge in [-0.1, -0.05) is 46.9 Å². The molecule has 2 aromatic carbocycles. The molecule has 1 saturated heterocycles. The minimum Gasteiger partial charge on any atom is -0.348 e. The molecule has 6 nitrogen and oxygen atoms in total. The number of hydrogen-bond acceptors (Lipinski definition) is 4. The van der Waals surface area contributed by atoms with Gasteiger partial charge in [0.1, 0.15) is 12.1 Å². The van der Waals surface area contributed by atoms with E-state index in [2.05, 4.69) is 15.3 Å². The van der Waals surface area contributed by atoms with Crippen LogP contribution in [0.5, 0.6) is 0 Å². The number of rotatable bonds is 6. The summed E-state index contributed by atoms with van der Waals surface area (Å²) in [5.41, 5.74) is 2.07. The predicted octanol–water partition coefficient (Wildman–Crippen LogP) is 5.45. The Bertz CT molecular complexity index is 1230. The standard InChI is InChI=1S/C25H22Cl3FN4O2/c26-19-2-1-3-22(29)17(19)11-23(34)33-8-6-16(7-9-33)24-18(13-30-14-32-24)25(35)31-12-15-4-5-20(27)21(28)10-15/h1-5,10,13-14,16H,6-9,11-12H2,(H,31,35). The minimum atomic E-state index is -0.488. The van der Waals surface area contributed by atoms with Crippen molar-refractivity contribution in [3.05, 3.63) is 92.2 Å². The van der Waals surface area contributed by atoms with Crippen molar-refractivity contribution >= 4 is 46.6 Å². The number of aromatic nitrogens is 2. The molecule has 0 unspecified atom stereocenters. The van der Waals surface area contributed by atoms with Gasteiger partial charge in [0, 0.05) is 42.3 Å². The van der Waals surface area contributed by atoms with Gasteiger partial charge >= 0.3 is 0 Å². The Kier molecular flexibility index (Phi) is 8.21. The monoisotopic (exact) mass is 534 g/mol. The van der Waals surface area contributed by atoms with Crippen molar-refractivity contribution in [1.29, 1.82) is 0 Å². The molecule has 2 amide bonds. The average molecular weight is 536 g/mol. The third-order valence-corrected chi connectivity index (χ3v) is 7.14. The number of piperidine rings is 1. The number of hydrogen-bond donors (Lipinski definition) is 1. The van der Waals surface area contributed by atoms with E-state index in [1.54, 1.807) is 29.2 Å². The number of halogens is 4. The predicted molar refractivity (Wildman–Crippen MR) is 133 cm³/mol. The van der Waals surface area contributed by atoms with Crippen molar-refractivity contribution in [2.75, 3.05) is 13.1 Å². The summed E-state index contributed by atoms with van der Waals surface area (Å²) in [5.74, 6) is -0.972. The maximum atomic E-state index is 14.1. The van der Waals surface area contributed by atoms with Crippen LogP contribution in [0.4, 0.5) is 4.39 Å². The van der Waals surface area contributed by atoms with Gasteiger partial charge in [0.2, 0.25) is 5.91 Å². The molecule has 182 valence electrons.